The molecule has 2 saturated heterocycles. The molecule has 0 unspecified atom stereocenters. The van der Waals surface area contributed by atoms with Crippen molar-refractivity contribution in [2.24, 2.45) is 11.3 Å². The van der Waals surface area contributed by atoms with Crippen molar-refractivity contribution in [2.45, 2.75) is 117 Å². The van der Waals surface area contributed by atoms with Gasteiger partial charge in [-0.15, -0.1) is 0 Å². The summed E-state index contributed by atoms with van der Waals surface area (Å²) in [5, 5.41) is 19.6. The van der Waals surface area contributed by atoms with E-state index in [1.165, 1.54) is 21.9 Å². The van der Waals surface area contributed by atoms with Crippen molar-refractivity contribution in [3.8, 4) is 28.1 Å². The predicted octanol–water partition coefficient (Wildman–Crippen LogP) is 4.75. The van der Waals surface area contributed by atoms with Gasteiger partial charge in [-0.1, -0.05) is 39.8 Å². The Balaban J connectivity index is 1.31. The van der Waals surface area contributed by atoms with E-state index in [9.17, 15) is 29.1 Å². The number of nitrogens with zero attached hydrogens (tertiary/aromatic N) is 5. The number of esters is 1. The number of fused-ring (bicyclic) bond motifs is 6. The fraction of sp³-hybridized carbons (Fsp3) is 0.520. The molecule has 4 amide bonds. The molecule has 2 aromatic heterocycles. The lowest BCUT2D eigenvalue weighted by atomic mass is 9.84. The minimum atomic E-state index is -1.18. The second-order valence-electron chi connectivity index (χ2n) is 19.3. The van der Waals surface area contributed by atoms with Crippen molar-refractivity contribution in [1.29, 1.82) is 0 Å². The first kappa shape index (κ1) is 48.1. The monoisotopic (exact) mass is 907 g/mol. The third-order valence-electron chi connectivity index (χ3n) is 13.3. The van der Waals surface area contributed by atoms with Crippen molar-refractivity contribution in [1.82, 2.24) is 40.4 Å². The van der Waals surface area contributed by atoms with Crippen LogP contribution < -0.4 is 16.1 Å². The molecule has 16 heteroatoms. The van der Waals surface area contributed by atoms with Crippen LogP contribution in [0.3, 0.4) is 0 Å². The van der Waals surface area contributed by atoms with Crippen LogP contribution in [0.25, 0.3) is 33.3 Å². The Bertz CT molecular complexity index is 2500. The minimum Gasteiger partial charge on any atom is -0.508 e. The van der Waals surface area contributed by atoms with Crippen LogP contribution in [-0.2, 0) is 52.8 Å². The van der Waals surface area contributed by atoms with Crippen LogP contribution in [0.5, 0.6) is 5.75 Å². The standard InChI is InChI=1S/C50H66N8O8/c1-11-57-41-17-16-32-24-36(41)37(44(57)35-14-12-18-51-42(35)30(5)65-10)25-50(6,7)27-66-49(64)38-15-13-19-58(54-38)48(63)39(22-31-20-33(32)23-34(59)21-31)53-45(60)43(28(2)3)56(9)46(61)29(4)55(8)47(62)40-26-52-40/h12,14,16-18,20-21,23-24,28-30,38-40,43,52,54,59H,11,13,15,19,22,25-27H2,1-10H3,(H,53,60)/t29-,30+,38+,39+,40-,43+/m1/s1. The molecule has 0 spiro atoms. The molecule has 6 bridgehead atoms. The number of carbonyl (C=O) groups is 5. The molecule has 3 aliphatic rings. The largest absolute Gasteiger partial charge is 0.508 e. The number of phenolic OH excluding ortho intramolecular Hbond substituents is 1. The molecule has 4 N–H and O–H groups in total. The average molecular weight is 907 g/mol. The number of benzene rings is 2. The maximum atomic E-state index is 14.7. The van der Waals surface area contributed by atoms with Gasteiger partial charge >= 0.3 is 5.97 Å². The van der Waals surface area contributed by atoms with E-state index >= 15 is 0 Å². The first-order valence-corrected chi connectivity index (χ1v) is 23.1. The number of hydrazine groups is 1. The summed E-state index contributed by atoms with van der Waals surface area (Å²) in [7, 11) is 4.77. The van der Waals surface area contributed by atoms with Crippen molar-refractivity contribution in [3.05, 3.63) is 71.5 Å². The molecule has 3 aliphatic heterocycles. The van der Waals surface area contributed by atoms with Crippen molar-refractivity contribution in [2.75, 3.05) is 40.9 Å². The lowest BCUT2D eigenvalue weighted by Crippen LogP contribution is -2.62. The Morgan fingerprint density at radius 2 is 1.79 bits per heavy atom. The van der Waals surface area contributed by atoms with Crippen LogP contribution in [0, 0.1) is 11.3 Å². The summed E-state index contributed by atoms with van der Waals surface area (Å²) in [6.07, 6.45) is 2.93. The fourth-order valence-electron chi connectivity index (χ4n) is 9.52. The Kier molecular flexibility index (Phi) is 14.3. The SMILES string of the molecule is CCn1c(-c2cccnc2[C@H](C)OC)c2c3cc(ccc31)-c1cc(O)cc(c1)C[C@H](NC(=O)[C@H](C(C)C)N(C)C(=O)[C@@H](C)N(C)C(=O)[C@H]1CN1)C(=O)N1CCC[C@H](N1)C(=O)OCC(C)(C)C2. The van der Waals surface area contributed by atoms with Gasteiger partial charge in [-0.05, 0) is 105 Å². The smallest absolute Gasteiger partial charge is 0.324 e. The Morgan fingerprint density at radius 3 is 2.47 bits per heavy atom. The number of nitrogens with one attached hydrogen (secondary N) is 3. The number of rotatable bonds is 11. The molecular weight excluding hydrogens is 841 g/mol. The van der Waals surface area contributed by atoms with E-state index in [1.54, 1.807) is 39.4 Å². The summed E-state index contributed by atoms with van der Waals surface area (Å²) in [5.41, 5.74) is 9.48. The predicted molar refractivity (Wildman–Crippen MR) is 251 cm³/mol. The Labute approximate surface area is 387 Å². The zero-order chi connectivity index (χ0) is 47.8. The first-order valence-electron chi connectivity index (χ1n) is 23.1. The zero-order valence-electron chi connectivity index (χ0n) is 39.9. The van der Waals surface area contributed by atoms with Gasteiger partial charge in [0, 0.05) is 75.3 Å². The number of aromatic hydroxyl groups is 1. The van der Waals surface area contributed by atoms with Gasteiger partial charge in [0.1, 0.15) is 29.9 Å². The van der Waals surface area contributed by atoms with Crippen molar-refractivity contribution < 1.29 is 38.6 Å². The molecule has 4 aromatic rings. The summed E-state index contributed by atoms with van der Waals surface area (Å²) in [6, 6.07) is 11.2. The highest BCUT2D eigenvalue weighted by Gasteiger charge is 2.41. The molecule has 354 valence electrons. The molecule has 5 heterocycles. The summed E-state index contributed by atoms with van der Waals surface area (Å²) in [6.45, 7) is 15.1. The third-order valence-corrected chi connectivity index (χ3v) is 13.3. The first-order chi connectivity index (χ1) is 31.3. The zero-order valence-corrected chi connectivity index (χ0v) is 39.9. The van der Waals surface area contributed by atoms with Gasteiger partial charge < -0.3 is 39.6 Å². The quantitative estimate of drug-likeness (QED) is 0.120. The fourth-order valence-corrected chi connectivity index (χ4v) is 9.52. The number of phenols is 1. The van der Waals surface area contributed by atoms with Crippen LogP contribution in [0.1, 0.15) is 84.2 Å². The molecule has 16 nitrogen and oxygen atoms in total. The second kappa shape index (κ2) is 19.6. The lowest BCUT2D eigenvalue weighted by molar-refractivity contribution is -0.155. The number of methoxy groups -OCH3 is 1. The number of amides is 4. The number of aromatic nitrogens is 2. The van der Waals surface area contributed by atoms with Gasteiger partial charge in [-0.2, -0.15) is 0 Å². The van der Waals surface area contributed by atoms with Crippen LogP contribution in [0.2, 0.25) is 0 Å². The summed E-state index contributed by atoms with van der Waals surface area (Å²) < 4.78 is 14.2. The summed E-state index contributed by atoms with van der Waals surface area (Å²) >= 11 is 0. The van der Waals surface area contributed by atoms with E-state index in [4.69, 9.17) is 14.5 Å². The van der Waals surface area contributed by atoms with Gasteiger partial charge in [0.2, 0.25) is 17.7 Å². The van der Waals surface area contributed by atoms with Crippen LogP contribution in [-0.4, -0.2) is 130 Å². The maximum absolute atomic E-state index is 14.7. The number of ether oxygens (including phenoxy) is 2. The molecule has 0 aliphatic carbocycles. The molecule has 2 aromatic carbocycles. The van der Waals surface area contributed by atoms with Gasteiger partial charge in [0.15, 0.2) is 0 Å². The van der Waals surface area contributed by atoms with Crippen LogP contribution in [0.4, 0.5) is 0 Å². The number of cyclic esters (lactones) is 1. The molecule has 66 heavy (non-hydrogen) atoms. The van der Waals surface area contributed by atoms with Gasteiger partial charge in [0.25, 0.3) is 5.91 Å². The summed E-state index contributed by atoms with van der Waals surface area (Å²) in [5.74, 6) is -2.58. The van der Waals surface area contributed by atoms with E-state index in [2.05, 4.69) is 59.6 Å². The van der Waals surface area contributed by atoms with Crippen molar-refractivity contribution >= 4 is 40.5 Å². The van der Waals surface area contributed by atoms with E-state index in [-0.39, 0.29) is 49.3 Å². The highest BCUT2D eigenvalue weighted by molar-refractivity contribution is 5.97. The molecule has 0 saturated carbocycles. The number of likely N-dealkylation sites (N-methyl/N-ethyl adjacent to an activating group) is 2. The topological polar surface area (TPSA) is 198 Å². The molecule has 2 fully saturated rings. The van der Waals surface area contributed by atoms with E-state index in [0.29, 0.717) is 43.5 Å². The normalized spacial score (nSPS) is 21.1. The average Bonchev–Trinajstić information content (AvgIpc) is 4.11. The highest BCUT2D eigenvalue weighted by atomic mass is 16.5. The third kappa shape index (κ3) is 9.96. The van der Waals surface area contributed by atoms with E-state index in [0.717, 1.165) is 39.0 Å². The Morgan fingerprint density at radius 1 is 1.05 bits per heavy atom. The van der Waals surface area contributed by atoms with Crippen molar-refractivity contribution in [3.63, 3.8) is 0 Å². The number of aryl methyl sites for hydroxylation is 1. The van der Waals surface area contributed by atoms with E-state index in [1.807, 2.05) is 39.0 Å². The van der Waals surface area contributed by atoms with Crippen LogP contribution >= 0.6 is 0 Å². The summed E-state index contributed by atoms with van der Waals surface area (Å²) in [4.78, 5) is 77.4. The van der Waals surface area contributed by atoms with Gasteiger partial charge in [-0.3, -0.25) is 34.0 Å². The minimum absolute atomic E-state index is 0.0189. The molecule has 7 rings (SSSR count). The van der Waals surface area contributed by atoms with Crippen LogP contribution in [0.15, 0.2) is 54.7 Å². The van der Waals surface area contributed by atoms with Gasteiger partial charge in [-0.25, -0.2) is 5.43 Å². The Hall–Kier alpha value is -5.84. The molecular formula is C50H66N8O8. The molecule has 6 atom stereocenters. The maximum Gasteiger partial charge on any atom is 0.324 e. The lowest BCUT2D eigenvalue weighted by Gasteiger charge is -2.37. The number of pyridine rings is 1. The second-order valence-corrected chi connectivity index (χ2v) is 19.3. The number of hydrogen-bond donors (Lipinski definition) is 4. The number of carbonyl (C=O) groups excluding carboxylic acids is 5. The number of hydrogen-bond acceptors (Lipinski definition) is 11. The molecule has 0 radical (unpaired) electrons. The van der Waals surface area contributed by atoms with E-state index < -0.39 is 53.3 Å². The highest BCUT2D eigenvalue weighted by Crippen LogP contribution is 2.42. The van der Waals surface area contributed by atoms with Gasteiger partial charge in [0.05, 0.1) is 30.1 Å².